The number of anilines is 1. The van der Waals surface area contributed by atoms with Gasteiger partial charge in [-0.2, -0.15) is 0 Å². The molecule has 6 nitrogen and oxygen atoms in total. The van der Waals surface area contributed by atoms with Crippen LogP contribution in [0, 0.1) is 0 Å². The Bertz CT molecular complexity index is 755. The monoisotopic (exact) mass is 357 g/mol. The standard InChI is InChI=1S/C20H23NO5/c1-13(2)25-20(23)14(3)26-16-11-9-15(10-12-16)19(22)21-17-7-5-6-8-18(17)24-4/h5-14H,1-4H3,(H,21,22)/t14-/m1/s1. The lowest BCUT2D eigenvalue weighted by Gasteiger charge is -2.16. The van der Waals surface area contributed by atoms with Crippen LogP contribution in [0.15, 0.2) is 48.5 Å². The third-order valence-electron chi connectivity index (χ3n) is 3.47. The van der Waals surface area contributed by atoms with Crippen molar-refractivity contribution < 1.29 is 23.8 Å². The van der Waals surface area contributed by atoms with Crippen LogP contribution in [0.2, 0.25) is 0 Å². The van der Waals surface area contributed by atoms with Crippen molar-refractivity contribution in [2.75, 3.05) is 12.4 Å². The summed E-state index contributed by atoms with van der Waals surface area (Å²) in [5.74, 6) is 0.358. The Hall–Kier alpha value is -3.02. The maximum absolute atomic E-state index is 12.4. The Morgan fingerprint density at radius 2 is 1.62 bits per heavy atom. The molecule has 6 heteroatoms. The molecule has 26 heavy (non-hydrogen) atoms. The molecule has 138 valence electrons. The van der Waals surface area contributed by atoms with E-state index in [0.29, 0.717) is 22.7 Å². The van der Waals surface area contributed by atoms with Crippen LogP contribution in [0.4, 0.5) is 5.69 Å². The number of benzene rings is 2. The number of hydrogen-bond donors (Lipinski definition) is 1. The molecule has 0 aliphatic rings. The van der Waals surface area contributed by atoms with E-state index in [1.807, 2.05) is 12.1 Å². The first-order chi connectivity index (χ1) is 12.4. The summed E-state index contributed by atoms with van der Waals surface area (Å²) < 4.78 is 15.9. The zero-order valence-electron chi connectivity index (χ0n) is 15.3. The van der Waals surface area contributed by atoms with Crippen LogP contribution in [0.3, 0.4) is 0 Å². The molecule has 0 saturated heterocycles. The van der Waals surface area contributed by atoms with Crippen molar-refractivity contribution in [3.63, 3.8) is 0 Å². The number of carbonyl (C=O) groups excluding carboxylic acids is 2. The van der Waals surface area contributed by atoms with E-state index in [0.717, 1.165) is 0 Å². The molecule has 0 saturated carbocycles. The third-order valence-corrected chi connectivity index (χ3v) is 3.47. The van der Waals surface area contributed by atoms with Crippen LogP contribution in [-0.4, -0.2) is 31.2 Å². The number of esters is 1. The van der Waals surface area contributed by atoms with Crippen LogP contribution in [-0.2, 0) is 9.53 Å². The molecule has 2 rings (SSSR count). The minimum Gasteiger partial charge on any atom is -0.495 e. The van der Waals surface area contributed by atoms with Gasteiger partial charge in [0.25, 0.3) is 5.91 Å². The molecule has 1 N–H and O–H groups in total. The van der Waals surface area contributed by atoms with E-state index in [2.05, 4.69) is 5.32 Å². The lowest BCUT2D eigenvalue weighted by Crippen LogP contribution is -2.28. The fourth-order valence-electron chi connectivity index (χ4n) is 2.21. The van der Waals surface area contributed by atoms with E-state index >= 15 is 0 Å². The number of methoxy groups -OCH3 is 1. The molecule has 0 unspecified atom stereocenters. The van der Waals surface area contributed by atoms with Gasteiger partial charge in [-0.05, 0) is 57.2 Å². The molecule has 0 spiro atoms. The largest absolute Gasteiger partial charge is 0.495 e. The normalized spacial score (nSPS) is 11.6. The van der Waals surface area contributed by atoms with Gasteiger partial charge in [0, 0.05) is 5.56 Å². The summed E-state index contributed by atoms with van der Waals surface area (Å²) in [6.45, 7) is 5.17. The first-order valence-corrected chi connectivity index (χ1v) is 8.32. The highest BCUT2D eigenvalue weighted by Crippen LogP contribution is 2.24. The zero-order valence-corrected chi connectivity index (χ0v) is 15.3. The van der Waals surface area contributed by atoms with Gasteiger partial charge in [-0.15, -0.1) is 0 Å². The number of hydrogen-bond acceptors (Lipinski definition) is 5. The van der Waals surface area contributed by atoms with Gasteiger partial charge in [0.1, 0.15) is 11.5 Å². The van der Waals surface area contributed by atoms with Crippen molar-refractivity contribution in [2.45, 2.75) is 33.0 Å². The summed E-state index contributed by atoms with van der Waals surface area (Å²) >= 11 is 0. The molecule has 2 aromatic carbocycles. The van der Waals surface area contributed by atoms with E-state index < -0.39 is 12.1 Å². The topological polar surface area (TPSA) is 73.9 Å². The van der Waals surface area contributed by atoms with Gasteiger partial charge in [0.05, 0.1) is 18.9 Å². The Balaban J connectivity index is 2.00. The van der Waals surface area contributed by atoms with Gasteiger partial charge in [0.15, 0.2) is 6.10 Å². The highest BCUT2D eigenvalue weighted by molar-refractivity contribution is 6.05. The molecule has 1 amide bonds. The van der Waals surface area contributed by atoms with Crippen LogP contribution >= 0.6 is 0 Å². The number of para-hydroxylation sites is 2. The Labute approximate surface area is 153 Å². The summed E-state index contributed by atoms with van der Waals surface area (Å²) in [7, 11) is 1.54. The van der Waals surface area contributed by atoms with Gasteiger partial charge in [0.2, 0.25) is 0 Å². The van der Waals surface area contributed by atoms with E-state index in [-0.39, 0.29) is 12.0 Å². The minimum absolute atomic E-state index is 0.199. The van der Waals surface area contributed by atoms with Crippen molar-refractivity contribution >= 4 is 17.6 Å². The highest BCUT2D eigenvalue weighted by Gasteiger charge is 2.18. The average Bonchev–Trinajstić information content (AvgIpc) is 2.62. The Morgan fingerprint density at radius 3 is 2.23 bits per heavy atom. The molecular formula is C20H23NO5. The van der Waals surface area contributed by atoms with E-state index in [9.17, 15) is 9.59 Å². The molecule has 0 aliphatic carbocycles. The molecule has 2 aromatic rings. The fourth-order valence-corrected chi connectivity index (χ4v) is 2.21. The molecule has 0 aromatic heterocycles. The quantitative estimate of drug-likeness (QED) is 0.766. The van der Waals surface area contributed by atoms with Crippen molar-refractivity contribution in [2.24, 2.45) is 0 Å². The van der Waals surface area contributed by atoms with Gasteiger partial charge in [-0.25, -0.2) is 4.79 Å². The van der Waals surface area contributed by atoms with Gasteiger partial charge in [-0.1, -0.05) is 12.1 Å². The van der Waals surface area contributed by atoms with Gasteiger partial charge >= 0.3 is 5.97 Å². The summed E-state index contributed by atoms with van der Waals surface area (Å²) in [4.78, 5) is 24.1. The number of rotatable bonds is 7. The maximum Gasteiger partial charge on any atom is 0.347 e. The van der Waals surface area contributed by atoms with Crippen molar-refractivity contribution in [3.8, 4) is 11.5 Å². The van der Waals surface area contributed by atoms with Crippen LogP contribution in [0.25, 0.3) is 0 Å². The second kappa shape index (κ2) is 8.89. The number of nitrogens with one attached hydrogen (secondary N) is 1. The molecule has 0 heterocycles. The first-order valence-electron chi connectivity index (χ1n) is 8.32. The summed E-state index contributed by atoms with van der Waals surface area (Å²) in [6, 6.07) is 13.7. The smallest absolute Gasteiger partial charge is 0.347 e. The van der Waals surface area contributed by atoms with Crippen LogP contribution in [0.1, 0.15) is 31.1 Å². The molecule has 0 fully saturated rings. The van der Waals surface area contributed by atoms with Crippen molar-refractivity contribution in [1.29, 1.82) is 0 Å². The van der Waals surface area contributed by atoms with Crippen molar-refractivity contribution in [3.05, 3.63) is 54.1 Å². The van der Waals surface area contributed by atoms with Gasteiger partial charge < -0.3 is 19.5 Å². The molecule has 1 atom stereocenters. The van der Waals surface area contributed by atoms with E-state index in [1.54, 1.807) is 64.3 Å². The molecule has 0 bridgehead atoms. The second-order valence-electron chi connectivity index (χ2n) is 5.92. The van der Waals surface area contributed by atoms with E-state index in [1.165, 1.54) is 0 Å². The number of amides is 1. The zero-order chi connectivity index (χ0) is 19.1. The molecular weight excluding hydrogens is 334 g/mol. The Kier molecular flexibility index (Phi) is 6.60. The Morgan fingerprint density at radius 1 is 0.962 bits per heavy atom. The average molecular weight is 357 g/mol. The SMILES string of the molecule is COc1ccccc1NC(=O)c1ccc(O[C@H](C)C(=O)OC(C)C)cc1. The number of ether oxygens (including phenoxy) is 3. The molecule has 0 aliphatic heterocycles. The highest BCUT2D eigenvalue weighted by atomic mass is 16.6. The lowest BCUT2D eigenvalue weighted by molar-refractivity contribution is -0.154. The first kappa shape index (κ1) is 19.3. The predicted octanol–water partition coefficient (Wildman–Crippen LogP) is 3.67. The third kappa shape index (κ3) is 5.24. The van der Waals surface area contributed by atoms with Crippen LogP contribution < -0.4 is 14.8 Å². The molecule has 0 radical (unpaired) electrons. The van der Waals surface area contributed by atoms with Crippen molar-refractivity contribution in [1.82, 2.24) is 0 Å². The van der Waals surface area contributed by atoms with Gasteiger partial charge in [-0.3, -0.25) is 4.79 Å². The second-order valence-corrected chi connectivity index (χ2v) is 5.92. The summed E-state index contributed by atoms with van der Waals surface area (Å²) in [6.07, 6.45) is -0.930. The fraction of sp³-hybridized carbons (Fsp3) is 0.300. The lowest BCUT2D eigenvalue weighted by atomic mass is 10.2. The summed E-state index contributed by atoms with van der Waals surface area (Å²) in [5.41, 5.74) is 1.05. The van der Waals surface area contributed by atoms with E-state index in [4.69, 9.17) is 14.2 Å². The maximum atomic E-state index is 12.4. The summed E-state index contributed by atoms with van der Waals surface area (Å²) in [5, 5.41) is 2.80. The predicted molar refractivity (Wildman–Crippen MR) is 98.7 cm³/mol. The minimum atomic E-state index is -0.731. The number of carbonyl (C=O) groups is 2. The van der Waals surface area contributed by atoms with Crippen LogP contribution in [0.5, 0.6) is 11.5 Å².